The van der Waals surface area contributed by atoms with Gasteiger partial charge in [0.2, 0.25) is 11.9 Å². The molecule has 1 amide bonds. The molecule has 1 aromatic carbocycles. The summed E-state index contributed by atoms with van der Waals surface area (Å²) in [6, 6.07) is 9.99. The molecule has 0 aliphatic rings. The zero-order valence-corrected chi connectivity index (χ0v) is 15.5. The van der Waals surface area contributed by atoms with E-state index in [2.05, 4.69) is 25.1 Å². The molecule has 28 heavy (non-hydrogen) atoms. The van der Waals surface area contributed by atoms with Crippen LogP contribution < -0.4 is 15.6 Å². The number of aryl methyl sites for hydroxylation is 1. The third-order valence-electron chi connectivity index (χ3n) is 3.53. The summed E-state index contributed by atoms with van der Waals surface area (Å²) in [6.45, 7) is 1.45. The average Bonchev–Trinajstić information content (AvgIpc) is 2.65. The molecule has 144 valence electrons. The Bertz CT molecular complexity index is 1140. The molecule has 3 aromatic rings. The van der Waals surface area contributed by atoms with E-state index in [0.717, 1.165) is 4.68 Å². The highest BCUT2D eigenvalue weighted by Crippen LogP contribution is 2.16. The number of hydrogen-bond donors (Lipinski definition) is 2. The summed E-state index contributed by atoms with van der Waals surface area (Å²) in [6.07, 6.45) is 2.83. The Morgan fingerprint density at radius 3 is 2.43 bits per heavy atom. The molecule has 3 rings (SSSR count). The van der Waals surface area contributed by atoms with Crippen LogP contribution in [-0.2, 0) is 21.4 Å². The van der Waals surface area contributed by atoms with Crippen molar-refractivity contribution in [3.05, 3.63) is 70.9 Å². The monoisotopic (exact) mass is 400 g/mol. The Balaban J connectivity index is 1.68. The van der Waals surface area contributed by atoms with E-state index in [9.17, 15) is 18.0 Å². The van der Waals surface area contributed by atoms with Gasteiger partial charge >= 0.3 is 0 Å². The molecule has 10 nitrogen and oxygen atoms in total. The van der Waals surface area contributed by atoms with Gasteiger partial charge in [-0.05, 0) is 43.3 Å². The molecule has 0 radical (unpaired) electrons. The molecule has 0 aliphatic carbocycles. The minimum absolute atomic E-state index is 0.0190. The van der Waals surface area contributed by atoms with Crippen LogP contribution >= 0.6 is 0 Å². The average molecular weight is 400 g/mol. The number of rotatable bonds is 6. The predicted molar refractivity (Wildman–Crippen MR) is 101 cm³/mol. The fraction of sp³-hybridized carbons (Fsp3) is 0.118. The molecule has 2 heterocycles. The molecular weight excluding hydrogens is 384 g/mol. The van der Waals surface area contributed by atoms with Gasteiger partial charge < -0.3 is 5.32 Å². The fourth-order valence-corrected chi connectivity index (χ4v) is 3.21. The van der Waals surface area contributed by atoms with Gasteiger partial charge in [0.25, 0.3) is 15.6 Å². The van der Waals surface area contributed by atoms with E-state index in [1.165, 1.54) is 42.7 Å². The molecule has 0 saturated carbocycles. The number of anilines is 2. The topological polar surface area (TPSA) is 136 Å². The standard InChI is InChI=1S/C17H16N6O4S/c1-12-3-8-16(25)23(21-12)11-15(24)20-13-4-6-14(7-5-13)28(26,27)22-17-18-9-2-10-19-17/h2-10H,11H2,1H3,(H,20,24)(H,18,19,22). The molecular formula is C17H16N6O4S. The van der Waals surface area contributed by atoms with Gasteiger partial charge in [-0.1, -0.05) is 0 Å². The quantitative estimate of drug-likeness (QED) is 0.624. The Kier molecular flexibility index (Phi) is 5.45. The van der Waals surface area contributed by atoms with Crippen molar-refractivity contribution in [3.8, 4) is 0 Å². The molecule has 0 aliphatic heterocycles. The van der Waals surface area contributed by atoms with Crippen molar-refractivity contribution in [2.75, 3.05) is 10.0 Å². The van der Waals surface area contributed by atoms with Crippen LogP contribution in [-0.4, -0.2) is 34.1 Å². The number of amides is 1. The molecule has 2 N–H and O–H groups in total. The Labute approximate surface area is 160 Å². The first-order valence-corrected chi connectivity index (χ1v) is 9.56. The lowest BCUT2D eigenvalue weighted by Crippen LogP contribution is -2.29. The summed E-state index contributed by atoms with van der Waals surface area (Å²) < 4.78 is 27.9. The van der Waals surface area contributed by atoms with Gasteiger partial charge in [-0.25, -0.2) is 27.8 Å². The molecule has 0 saturated heterocycles. The molecule has 0 unspecified atom stereocenters. The summed E-state index contributed by atoms with van der Waals surface area (Å²) >= 11 is 0. The summed E-state index contributed by atoms with van der Waals surface area (Å²) in [7, 11) is -3.86. The van der Waals surface area contributed by atoms with Gasteiger partial charge in [-0.2, -0.15) is 5.10 Å². The maximum atomic E-state index is 12.3. The normalized spacial score (nSPS) is 11.0. The first kappa shape index (κ1) is 19.2. The van der Waals surface area contributed by atoms with E-state index < -0.39 is 21.5 Å². The molecule has 0 bridgehead atoms. The molecule has 0 fully saturated rings. The van der Waals surface area contributed by atoms with Crippen LogP contribution in [0.3, 0.4) is 0 Å². The number of carbonyl (C=O) groups excluding carboxylic acids is 1. The van der Waals surface area contributed by atoms with Crippen molar-refractivity contribution < 1.29 is 13.2 Å². The summed E-state index contributed by atoms with van der Waals surface area (Å²) in [5.74, 6) is -0.511. The van der Waals surface area contributed by atoms with Gasteiger partial charge in [-0.15, -0.1) is 0 Å². The lowest BCUT2D eigenvalue weighted by Gasteiger charge is -2.09. The van der Waals surface area contributed by atoms with Crippen LogP contribution in [0.4, 0.5) is 11.6 Å². The fourth-order valence-electron chi connectivity index (χ4n) is 2.25. The number of nitrogens with one attached hydrogen (secondary N) is 2. The minimum atomic E-state index is -3.86. The second-order valence-electron chi connectivity index (χ2n) is 5.72. The van der Waals surface area contributed by atoms with Crippen LogP contribution in [0.1, 0.15) is 5.69 Å². The van der Waals surface area contributed by atoms with Crippen molar-refractivity contribution in [3.63, 3.8) is 0 Å². The van der Waals surface area contributed by atoms with Gasteiger partial charge in [-0.3, -0.25) is 9.59 Å². The van der Waals surface area contributed by atoms with Gasteiger partial charge in [0.15, 0.2) is 0 Å². The van der Waals surface area contributed by atoms with E-state index in [1.54, 1.807) is 19.1 Å². The van der Waals surface area contributed by atoms with Crippen molar-refractivity contribution in [2.24, 2.45) is 0 Å². The number of hydrogen-bond acceptors (Lipinski definition) is 7. The highest BCUT2D eigenvalue weighted by Gasteiger charge is 2.15. The van der Waals surface area contributed by atoms with E-state index in [-0.39, 0.29) is 17.4 Å². The maximum Gasteiger partial charge on any atom is 0.267 e. The third kappa shape index (κ3) is 4.76. The molecule has 0 spiro atoms. The van der Waals surface area contributed by atoms with Crippen molar-refractivity contribution in [2.45, 2.75) is 18.4 Å². The number of aromatic nitrogens is 4. The largest absolute Gasteiger partial charge is 0.324 e. The van der Waals surface area contributed by atoms with E-state index >= 15 is 0 Å². The zero-order chi connectivity index (χ0) is 20.1. The van der Waals surface area contributed by atoms with Gasteiger partial charge in [0.05, 0.1) is 10.6 Å². The molecule has 11 heteroatoms. The second-order valence-corrected chi connectivity index (χ2v) is 7.40. The van der Waals surface area contributed by atoms with Crippen LogP contribution in [0.25, 0.3) is 0 Å². The smallest absolute Gasteiger partial charge is 0.267 e. The van der Waals surface area contributed by atoms with E-state index in [4.69, 9.17) is 0 Å². The highest BCUT2D eigenvalue weighted by atomic mass is 32.2. The Morgan fingerprint density at radius 2 is 1.75 bits per heavy atom. The Hall–Kier alpha value is -3.60. The summed E-state index contributed by atoms with van der Waals surface area (Å²) in [4.78, 5) is 31.4. The number of sulfonamides is 1. The van der Waals surface area contributed by atoms with E-state index in [1.807, 2.05) is 0 Å². The van der Waals surface area contributed by atoms with Crippen LogP contribution in [0, 0.1) is 6.92 Å². The zero-order valence-electron chi connectivity index (χ0n) is 14.7. The van der Waals surface area contributed by atoms with Crippen LogP contribution in [0.5, 0.6) is 0 Å². The van der Waals surface area contributed by atoms with E-state index in [0.29, 0.717) is 11.4 Å². The highest BCUT2D eigenvalue weighted by molar-refractivity contribution is 7.92. The predicted octanol–water partition coefficient (Wildman–Crippen LogP) is 0.781. The first-order valence-electron chi connectivity index (χ1n) is 8.08. The van der Waals surface area contributed by atoms with Crippen molar-refractivity contribution in [1.82, 2.24) is 19.7 Å². The first-order chi connectivity index (χ1) is 13.3. The second kappa shape index (κ2) is 7.96. The molecule has 2 aromatic heterocycles. The SMILES string of the molecule is Cc1ccc(=O)n(CC(=O)Nc2ccc(S(=O)(=O)Nc3ncccn3)cc2)n1. The third-order valence-corrected chi connectivity index (χ3v) is 4.88. The van der Waals surface area contributed by atoms with Crippen molar-refractivity contribution >= 4 is 27.6 Å². The van der Waals surface area contributed by atoms with Crippen molar-refractivity contribution in [1.29, 1.82) is 0 Å². The maximum absolute atomic E-state index is 12.3. The number of carbonyl (C=O) groups is 1. The molecule has 0 atom stereocenters. The van der Waals surface area contributed by atoms with Crippen LogP contribution in [0.2, 0.25) is 0 Å². The minimum Gasteiger partial charge on any atom is -0.324 e. The lowest BCUT2D eigenvalue weighted by atomic mass is 10.3. The Morgan fingerprint density at radius 1 is 1.07 bits per heavy atom. The van der Waals surface area contributed by atoms with Gasteiger partial charge in [0.1, 0.15) is 6.54 Å². The summed E-state index contributed by atoms with van der Waals surface area (Å²) in [5.41, 5.74) is 0.592. The number of benzene rings is 1. The van der Waals surface area contributed by atoms with Crippen LogP contribution in [0.15, 0.2) is 64.5 Å². The van der Waals surface area contributed by atoms with Gasteiger partial charge in [0, 0.05) is 24.1 Å². The number of nitrogens with zero attached hydrogens (tertiary/aromatic N) is 4. The summed E-state index contributed by atoms with van der Waals surface area (Å²) in [5, 5.41) is 6.57. The lowest BCUT2D eigenvalue weighted by molar-refractivity contribution is -0.117.